The van der Waals surface area contributed by atoms with Gasteiger partial charge in [0.25, 0.3) is 0 Å². The third kappa shape index (κ3) is 4.52. The van der Waals surface area contributed by atoms with E-state index in [1.165, 1.54) is 0 Å². The average molecular weight is 467 g/mol. The Morgan fingerprint density at radius 2 is 2.12 bits per heavy atom. The van der Waals surface area contributed by atoms with E-state index in [-0.39, 0.29) is 35.0 Å². The first-order valence-electron chi connectivity index (χ1n) is 7.95. The van der Waals surface area contributed by atoms with E-state index < -0.39 is 0 Å². The number of nitrogens with zero attached hydrogens (tertiary/aromatic N) is 2. The van der Waals surface area contributed by atoms with E-state index in [0.29, 0.717) is 11.2 Å². The summed E-state index contributed by atoms with van der Waals surface area (Å²) in [5.74, 6) is 0.822. The number of aromatic nitrogens is 1. The molecule has 24 heavy (non-hydrogen) atoms. The summed E-state index contributed by atoms with van der Waals surface area (Å²) < 4.78 is 5.66. The molecule has 2 atom stereocenters. The van der Waals surface area contributed by atoms with Crippen molar-refractivity contribution in [2.24, 2.45) is 10.4 Å². The molecule has 5 nitrogen and oxygen atoms in total. The fourth-order valence-corrected chi connectivity index (χ4v) is 3.07. The van der Waals surface area contributed by atoms with Crippen molar-refractivity contribution in [3.8, 4) is 0 Å². The second-order valence-corrected chi connectivity index (χ2v) is 7.18. The molecule has 1 aliphatic carbocycles. The van der Waals surface area contributed by atoms with Gasteiger partial charge in [0, 0.05) is 38.4 Å². The summed E-state index contributed by atoms with van der Waals surface area (Å²) in [6.07, 6.45) is 3.65. The van der Waals surface area contributed by atoms with Gasteiger partial charge >= 0.3 is 0 Å². The second-order valence-electron chi connectivity index (χ2n) is 6.80. The van der Waals surface area contributed by atoms with Gasteiger partial charge in [0.2, 0.25) is 0 Å². The normalized spacial score (nSPS) is 25.4. The van der Waals surface area contributed by atoms with E-state index >= 15 is 0 Å². The summed E-state index contributed by atoms with van der Waals surface area (Å²) in [5.41, 5.74) is 1.12. The van der Waals surface area contributed by atoms with Crippen LogP contribution in [-0.4, -0.2) is 43.3 Å². The molecule has 1 fully saturated rings. The summed E-state index contributed by atoms with van der Waals surface area (Å²) in [6.45, 7) is 7.40. The third-order valence-electron chi connectivity index (χ3n) is 5.31. The fraction of sp³-hybridized carbons (Fsp3) is 0.647. The van der Waals surface area contributed by atoms with Crippen LogP contribution in [0.3, 0.4) is 0 Å². The highest BCUT2D eigenvalue weighted by Gasteiger charge is 2.57. The van der Waals surface area contributed by atoms with E-state index in [9.17, 15) is 0 Å². The number of nitrogens with one attached hydrogen (secondary N) is 2. The van der Waals surface area contributed by atoms with Crippen molar-refractivity contribution >= 4 is 41.5 Å². The van der Waals surface area contributed by atoms with E-state index in [0.717, 1.165) is 30.9 Å². The zero-order valence-corrected chi connectivity index (χ0v) is 18.1. The molecule has 0 bridgehead atoms. The summed E-state index contributed by atoms with van der Waals surface area (Å²) in [4.78, 5) is 8.40. The number of hydrogen-bond acceptors (Lipinski definition) is 3. The van der Waals surface area contributed by atoms with Crippen LogP contribution in [0.25, 0.3) is 0 Å². The zero-order valence-electron chi connectivity index (χ0n) is 15.0. The maximum Gasteiger partial charge on any atom is 0.191 e. The molecule has 1 aliphatic rings. The molecule has 0 aliphatic heterocycles. The fourth-order valence-electron chi connectivity index (χ4n) is 2.96. The molecule has 2 rings (SSSR count). The monoisotopic (exact) mass is 466 g/mol. The summed E-state index contributed by atoms with van der Waals surface area (Å²) in [5, 5.41) is 7.37. The number of rotatable bonds is 5. The van der Waals surface area contributed by atoms with Crippen LogP contribution in [0, 0.1) is 5.41 Å². The Labute approximate surface area is 167 Å². The van der Waals surface area contributed by atoms with E-state index in [1.807, 2.05) is 12.1 Å². The average Bonchev–Trinajstić information content (AvgIpc) is 2.54. The molecule has 2 unspecified atom stereocenters. The smallest absolute Gasteiger partial charge is 0.191 e. The number of hydrogen-bond donors (Lipinski definition) is 2. The van der Waals surface area contributed by atoms with Gasteiger partial charge in [0.15, 0.2) is 5.96 Å². The van der Waals surface area contributed by atoms with Crippen molar-refractivity contribution < 1.29 is 4.74 Å². The van der Waals surface area contributed by atoms with E-state index in [2.05, 4.69) is 41.4 Å². The first-order chi connectivity index (χ1) is 10.8. The van der Waals surface area contributed by atoms with Crippen LogP contribution < -0.4 is 10.6 Å². The largest absolute Gasteiger partial charge is 0.378 e. The molecule has 136 valence electrons. The standard InChI is InChI=1S/C17H27ClN4O.HI/c1-16(2)13(10-17(16,3)23-5)22-15(19-4)20-9-8-12-6-7-14(18)21-11-12;/h6-7,11,13H,8-10H2,1-5H3,(H2,19,20,22);1H. The molecule has 1 aromatic rings. The van der Waals surface area contributed by atoms with Gasteiger partial charge in [0.05, 0.1) is 5.60 Å². The van der Waals surface area contributed by atoms with Crippen molar-refractivity contribution in [2.75, 3.05) is 20.7 Å². The van der Waals surface area contributed by atoms with Crippen LogP contribution in [0.15, 0.2) is 23.3 Å². The van der Waals surface area contributed by atoms with Gasteiger partial charge in [-0.3, -0.25) is 4.99 Å². The predicted molar refractivity (Wildman–Crippen MR) is 110 cm³/mol. The van der Waals surface area contributed by atoms with Crippen LogP contribution in [0.5, 0.6) is 0 Å². The van der Waals surface area contributed by atoms with Crippen molar-refractivity contribution in [1.82, 2.24) is 15.6 Å². The summed E-state index contributed by atoms with van der Waals surface area (Å²) in [6, 6.07) is 4.15. The van der Waals surface area contributed by atoms with Crippen molar-refractivity contribution in [1.29, 1.82) is 0 Å². The number of aliphatic imine (C=N–C) groups is 1. The Morgan fingerprint density at radius 1 is 1.42 bits per heavy atom. The van der Waals surface area contributed by atoms with Gasteiger partial charge < -0.3 is 15.4 Å². The zero-order chi connectivity index (χ0) is 17.1. The van der Waals surface area contributed by atoms with Crippen LogP contribution in [0.4, 0.5) is 0 Å². The molecule has 1 heterocycles. The minimum absolute atomic E-state index is 0. The van der Waals surface area contributed by atoms with Gasteiger partial charge in [-0.2, -0.15) is 0 Å². The Morgan fingerprint density at radius 3 is 2.62 bits per heavy atom. The molecule has 0 amide bonds. The van der Waals surface area contributed by atoms with Crippen molar-refractivity contribution in [2.45, 2.75) is 45.3 Å². The number of ether oxygens (including phenoxy) is 1. The summed E-state index contributed by atoms with van der Waals surface area (Å²) >= 11 is 5.79. The molecule has 1 aromatic heterocycles. The molecule has 2 N–H and O–H groups in total. The van der Waals surface area contributed by atoms with Crippen LogP contribution in [0.1, 0.15) is 32.8 Å². The molecule has 0 aromatic carbocycles. The number of guanidine groups is 1. The van der Waals surface area contributed by atoms with Crippen molar-refractivity contribution in [3.05, 3.63) is 29.0 Å². The van der Waals surface area contributed by atoms with Crippen LogP contribution >= 0.6 is 35.6 Å². The lowest BCUT2D eigenvalue weighted by molar-refractivity contribution is -0.176. The Hall–Kier alpha value is -0.600. The SMILES string of the molecule is CN=C(NCCc1ccc(Cl)nc1)NC1CC(C)(OC)C1(C)C.I. The molecule has 0 saturated heterocycles. The Balaban J connectivity index is 0.00000288. The maximum atomic E-state index is 5.79. The summed E-state index contributed by atoms with van der Waals surface area (Å²) in [7, 11) is 3.57. The lowest BCUT2D eigenvalue weighted by Gasteiger charge is -2.59. The number of halogens is 2. The third-order valence-corrected chi connectivity index (χ3v) is 5.53. The number of pyridine rings is 1. The van der Waals surface area contributed by atoms with Gasteiger partial charge in [-0.25, -0.2) is 4.98 Å². The van der Waals surface area contributed by atoms with Crippen molar-refractivity contribution in [3.63, 3.8) is 0 Å². The minimum Gasteiger partial charge on any atom is -0.378 e. The molecular weight excluding hydrogens is 439 g/mol. The first kappa shape index (κ1) is 21.4. The van der Waals surface area contributed by atoms with Gasteiger partial charge in [-0.1, -0.05) is 31.5 Å². The predicted octanol–water partition coefficient (Wildman–Crippen LogP) is 3.26. The van der Waals surface area contributed by atoms with E-state index in [4.69, 9.17) is 16.3 Å². The van der Waals surface area contributed by atoms with E-state index in [1.54, 1.807) is 20.4 Å². The lowest BCUT2D eigenvalue weighted by atomic mass is 9.56. The topological polar surface area (TPSA) is 58.5 Å². The van der Waals surface area contributed by atoms with Crippen LogP contribution in [0.2, 0.25) is 5.15 Å². The molecule has 0 spiro atoms. The minimum atomic E-state index is -0.0848. The highest BCUT2D eigenvalue weighted by atomic mass is 127. The second kappa shape index (κ2) is 8.67. The molecule has 0 radical (unpaired) electrons. The quantitative estimate of drug-likeness (QED) is 0.303. The Bertz CT molecular complexity index is 564. The molecular formula is C17H28ClIN4O. The van der Waals surface area contributed by atoms with Gasteiger partial charge in [-0.15, -0.1) is 24.0 Å². The Kier molecular flexibility index (Phi) is 7.75. The molecule has 7 heteroatoms. The maximum absolute atomic E-state index is 5.79. The van der Waals surface area contributed by atoms with Gasteiger partial charge in [0.1, 0.15) is 5.15 Å². The van der Waals surface area contributed by atoms with Gasteiger partial charge in [-0.05, 0) is 31.4 Å². The lowest BCUT2D eigenvalue weighted by Crippen LogP contribution is -2.69. The highest BCUT2D eigenvalue weighted by Crippen LogP contribution is 2.51. The number of methoxy groups -OCH3 is 1. The molecule has 1 saturated carbocycles. The first-order valence-corrected chi connectivity index (χ1v) is 8.33. The highest BCUT2D eigenvalue weighted by molar-refractivity contribution is 14.0. The van der Waals surface area contributed by atoms with Crippen LogP contribution in [-0.2, 0) is 11.2 Å².